The number of amides is 1. The first-order valence-corrected chi connectivity index (χ1v) is 5.75. The van der Waals surface area contributed by atoms with Gasteiger partial charge in [0.05, 0.1) is 0 Å². The fourth-order valence-electron chi connectivity index (χ4n) is 1.63. The normalized spacial score (nSPS) is 10.5. The smallest absolute Gasteiger partial charge is 0.322 e. The van der Waals surface area contributed by atoms with Gasteiger partial charge in [0.2, 0.25) is 0 Å². The highest BCUT2D eigenvalue weighted by molar-refractivity contribution is 6.34. The molecular formula is C12H8ClFN2O4. The number of carbonyl (C=O) groups excluding carboxylic acids is 1. The van der Waals surface area contributed by atoms with Crippen molar-refractivity contribution in [2.45, 2.75) is 0 Å². The number of hydrogen-bond donors (Lipinski definition) is 3. The van der Waals surface area contributed by atoms with Crippen LogP contribution in [0.3, 0.4) is 0 Å². The Hall–Kier alpha value is -2.41. The van der Waals surface area contributed by atoms with Crippen molar-refractivity contribution in [2.24, 2.45) is 0 Å². The minimum absolute atomic E-state index is 0.145. The number of hydrogen-bond acceptors (Lipinski definition) is 4. The van der Waals surface area contributed by atoms with Crippen LogP contribution in [0.25, 0.3) is 10.8 Å². The molecule has 0 aliphatic heterocycles. The Labute approximate surface area is 116 Å². The summed E-state index contributed by atoms with van der Waals surface area (Å²) in [5.74, 6) is -3.19. The molecule has 0 fully saturated rings. The molecule has 104 valence electrons. The third kappa shape index (κ3) is 2.62. The zero-order valence-corrected chi connectivity index (χ0v) is 10.6. The maximum atomic E-state index is 13.1. The van der Waals surface area contributed by atoms with E-state index in [-0.39, 0.29) is 15.9 Å². The van der Waals surface area contributed by atoms with Crippen molar-refractivity contribution in [3.63, 3.8) is 0 Å². The molecule has 0 saturated carbocycles. The van der Waals surface area contributed by atoms with Crippen molar-refractivity contribution in [2.75, 3.05) is 6.54 Å². The second-order valence-electron chi connectivity index (χ2n) is 3.87. The van der Waals surface area contributed by atoms with Gasteiger partial charge in [0.1, 0.15) is 17.5 Å². The summed E-state index contributed by atoms with van der Waals surface area (Å²) in [6, 6.07) is 3.42. The SMILES string of the molecule is O=C(O)CNC(=O)c1nc(Cl)c2cc(F)ccc2c1O. The standard InChI is InChI=1S/C12H8ClFN2O4/c13-11-7-3-5(14)1-2-6(7)10(19)9(16-11)12(20)15-4-8(17)18/h1-3,19H,4H2,(H,15,20)(H,17,18). The van der Waals surface area contributed by atoms with Crippen molar-refractivity contribution in [1.82, 2.24) is 10.3 Å². The zero-order valence-electron chi connectivity index (χ0n) is 9.85. The van der Waals surface area contributed by atoms with Crippen molar-refractivity contribution in [3.8, 4) is 5.75 Å². The average Bonchev–Trinajstić information content (AvgIpc) is 2.40. The van der Waals surface area contributed by atoms with Crippen LogP contribution in [0.4, 0.5) is 4.39 Å². The Morgan fingerprint density at radius 3 is 2.70 bits per heavy atom. The lowest BCUT2D eigenvalue weighted by Crippen LogP contribution is -2.30. The highest BCUT2D eigenvalue weighted by Gasteiger charge is 2.19. The van der Waals surface area contributed by atoms with Gasteiger partial charge in [-0.1, -0.05) is 11.6 Å². The Kier molecular flexibility index (Phi) is 3.71. The molecule has 2 aromatic rings. The Balaban J connectivity index is 2.50. The monoisotopic (exact) mass is 298 g/mol. The summed E-state index contributed by atoms with van der Waals surface area (Å²) in [6.07, 6.45) is 0. The van der Waals surface area contributed by atoms with Gasteiger partial charge in [-0.3, -0.25) is 9.59 Å². The molecule has 0 radical (unpaired) electrons. The van der Waals surface area contributed by atoms with Crippen LogP contribution in [0.2, 0.25) is 5.15 Å². The van der Waals surface area contributed by atoms with E-state index in [1.807, 2.05) is 5.32 Å². The third-order valence-electron chi connectivity index (χ3n) is 2.51. The van der Waals surface area contributed by atoms with E-state index in [9.17, 15) is 19.1 Å². The quantitative estimate of drug-likeness (QED) is 0.747. The number of pyridine rings is 1. The molecule has 1 aromatic carbocycles. The molecule has 0 bridgehead atoms. The number of benzene rings is 1. The van der Waals surface area contributed by atoms with Crippen LogP contribution < -0.4 is 5.32 Å². The Bertz CT molecular complexity index is 720. The summed E-state index contributed by atoms with van der Waals surface area (Å²) in [4.78, 5) is 25.7. The maximum Gasteiger partial charge on any atom is 0.322 e. The summed E-state index contributed by atoms with van der Waals surface area (Å²) in [5.41, 5.74) is -0.421. The van der Waals surface area contributed by atoms with Gasteiger partial charge in [0.15, 0.2) is 11.4 Å². The van der Waals surface area contributed by atoms with E-state index < -0.39 is 35.7 Å². The number of carbonyl (C=O) groups is 2. The highest BCUT2D eigenvalue weighted by Crippen LogP contribution is 2.32. The fourth-order valence-corrected chi connectivity index (χ4v) is 1.87. The van der Waals surface area contributed by atoms with Crippen LogP contribution in [0, 0.1) is 5.82 Å². The number of carboxylic acid groups (broad SMARTS) is 1. The zero-order chi connectivity index (χ0) is 14.9. The molecule has 3 N–H and O–H groups in total. The number of fused-ring (bicyclic) bond motifs is 1. The van der Waals surface area contributed by atoms with E-state index in [2.05, 4.69) is 4.98 Å². The van der Waals surface area contributed by atoms with Gasteiger partial charge in [0.25, 0.3) is 5.91 Å². The molecule has 6 nitrogen and oxygen atoms in total. The second-order valence-corrected chi connectivity index (χ2v) is 4.22. The summed E-state index contributed by atoms with van der Waals surface area (Å²) in [6.45, 7) is -0.626. The minimum atomic E-state index is -1.24. The molecule has 0 spiro atoms. The number of nitrogens with one attached hydrogen (secondary N) is 1. The number of carboxylic acids is 1. The summed E-state index contributed by atoms with van der Waals surface area (Å²) >= 11 is 5.83. The topological polar surface area (TPSA) is 99.5 Å². The molecule has 0 saturated heterocycles. The summed E-state index contributed by atoms with van der Waals surface area (Å²) in [7, 11) is 0. The largest absolute Gasteiger partial charge is 0.505 e. The molecule has 1 heterocycles. The van der Waals surface area contributed by atoms with Gasteiger partial charge in [0, 0.05) is 10.8 Å². The second kappa shape index (κ2) is 5.30. The lowest BCUT2D eigenvalue weighted by molar-refractivity contribution is -0.135. The van der Waals surface area contributed by atoms with Crippen LogP contribution >= 0.6 is 11.6 Å². The van der Waals surface area contributed by atoms with E-state index in [1.54, 1.807) is 0 Å². The number of halogens is 2. The average molecular weight is 299 g/mol. The molecule has 0 aliphatic carbocycles. The van der Waals surface area contributed by atoms with Gasteiger partial charge < -0.3 is 15.5 Å². The molecule has 0 aliphatic rings. The summed E-state index contributed by atoms with van der Waals surface area (Å²) in [5, 5.41) is 20.6. The number of rotatable bonds is 3. The first kappa shape index (κ1) is 14.0. The lowest BCUT2D eigenvalue weighted by Gasteiger charge is -2.08. The predicted octanol–water partition coefficient (Wildman–Crippen LogP) is 1.55. The third-order valence-corrected chi connectivity index (χ3v) is 2.80. The highest BCUT2D eigenvalue weighted by atomic mass is 35.5. The van der Waals surface area contributed by atoms with Crippen molar-refractivity contribution >= 4 is 34.2 Å². The van der Waals surface area contributed by atoms with Gasteiger partial charge >= 0.3 is 5.97 Å². The molecule has 1 amide bonds. The number of aliphatic carboxylic acids is 1. The van der Waals surface area contributed by atoms with E-state index in [4.69, 9.17) is 16.7 Å². The van der Waals surface area contributed by atoms with Crippen LogP contribution in [0.15, 0.2) is 18.2 Å². The van der Waals surface area contributed by atoms with Crippen LogP contribution in [-0.4, -0.2) is 33.6 Å². The van der Waals surface area contributed by atoms with E-state index in [0.717, 1.165) is 12.1 Å². The number of aromatic nitrogens is 1. The lowest BCUT2D eigenvalue weighted by atomic mass is 10.1. The molecule has 0 unspecified atom stereocenters. The van der Waals surface area contributed by atoms with Crippen LogP contribution in [0.5, 0.6) is 5.75 Å². The predicted molar refractivity (Wildman–Crippen MR) is 68.3 cm³/mol. The number of aromatic hydroxyl groups is 1. The van der Waals surface area contributed by atoms with Crippen molar-refractivity contribution < 1.29 is 24.2 Å². The maximum absolute atomic E-state index is 13.1. The molecule has 0 atom stereocenters. The minimum Gasteiger partial charge on any atom is -0.505 e. The summed E-state index contributed by atoms with van der Waals surface area (Å²) < 4.78 is 13.1. The molecular weight excluding hydrogens is 291 g/mol. The molecule has 1 aromatic heterocycles. The Morgan fingerprint density at radius 1 is 1.35 bits per heavy atom. The van der Waals surface area contributed by atoms with Crippen LogP contribution in [-0.2, 0) is 4.79 Å². The fraction of sp³-hybridized carbons (Fsp3) is 0.0833. The van der Waals surface area contributed by atoms with Crippen molar-refractivity contribution in [3.05, 3.63) is 34.9 Å². The van der Waals surface area contributed by atoms with Gasteiger partial charge in [-0.15, -0.1) is 0 Å². The Morgan fingerprint density at radius 2 is 2.05 bits per heavy atom. The van der Waals surface area contributed by atoms with Gasteiger partial charge in [-0.25, -0.2) is 9.37 Å². The molecule has 8 heteroatoms. The molecule has 20 heavy (non-hydrogen) atoms. The first-order valence-electron chi connectivity index (χ1n) is 5.38. The molecule has 2 rings (SSSR count). The first-order chi connectivity index (χ1) is 9.40. The van der Waals surface area contributed by atoms with E-state index in [0.29, 0.717) is 0 Å². The van der Waals surface area contributed by atoms with E-state index >= 15 is 0 Å². The van der Waals surface area contributed by atoms with Crippen LogP contribution in [0.1, 0.15) is 10.5 Å². The van der Waals surface area contributed by atoms with Gasteiger partial charge in [-0.05, 0) is 18.2 Å². The van der Waals surface area contributed by atoms with Crippen molar-refractivity contribution in [1.29, 1.82) is 0 Å². The van der Waals surface area contributed by atoms with Gasteiger partial charge in [-0.2, -0.15) is 0 Å². The number of nitrogens with zero attached hydrogens (tertiary/aromatic N) is 1. The van der Waals surface area contributed by atoms with E-state index in [1.165, 1.54) is 6.07 Å².